The molecular weight excluding hydrogens is 248 g/mol. The average Bonchev–Trinajstić information content (AvgIpc) is 2.76. The van der Waals surface area contributed by atoms with Crippen LogP contribution in [0.2, 0.25) is 0 Å². The summed E-state index contributed by atoms with van der Waals surface area (Å²) in [6, 6.07) is 0. The summed E-state index contributed by atoms with van der Waals surface area (Å²) in [5.74, 6) is -0.779. The van der Waals surface area contributed by atoms with Gasteiger partial charge >= 0.3 is 11.9 Å². The zero-order chi connectivity index (χ0) is 14.0. The van der Waals surface area contributed by atoms with E-state index in [9.17, 15) is 14.4 Å². The molecule has 0 saturated carbocycles. The van der Waals surface area contributed by atoms with Crippen molar-refractivity contribution in [2.45, 2.75) is 39.2 Å². The molecule has 0 radical (unpaired) electrons. The molecule has 3 atom stereocenters. The SMILES string of the molecule is COC(=O)[C@]1(C)CC2OC(=O)C1(C)C1=C2C(=O)CC1. The Kier molecular flexibility index (Phi) is 2.26. The first kappa shape index (κ1) is 12.4. The first-order valence-corrected chi connectivity index (χ1v) is 6.42. The van der Waals surface area contributed by atoms with Crippen LogP contribution in [0.5, 0.6) is 0 Å². The van der Waals surface area contributed by atoms with Gasteiger partial charge < -0.3 is 9.47 Å². The molecule has 2 bridgehead atoms. The number of methoxy groups -OCH3 is 1. The smallest absolute Gasteiger partial charge is 0.317 e. The van der Waals surface area contributed by atoms with E-state index < -0.39 is 28.9 Å². The van der Waals surface area contributed by atoms with Crippen LogP contribution in [0.1, 0.15) is 33.1 Å². The van der Waals surface area contributed by atoms with Gasteiger partial charge in [-0.3, -0.25) is 14.4 Å². The van der Waals surface area contributed by atoms with Gasteiger partial charge in [0, 0.05) is 18.4 Å². The number of Topliss-reactive ketones (excluding diaryl/α,β-unsaturated/α-hetero) is 1. The number of rotatable bonds is 1. The molecular formula is C14H16O5. The summed E-state index contributed by atoms with van der Waals surface area (Å²) in [5, 5.41) is 0. The highest BCUT2D eigenvalue weighted by atomic mass is 16.6. The van der Waals surface area contributed by atoms with Crippen molar-refractivity contribution in [3.05, 3.63) is 11.1 Å². The molecule has 19 heavy (non-hydrogen) atoms. The Labute approximate surface area is 110 Å². The minimum Gasteiger partial charge on any atom is -0.469 e. The molecule has 2 heterocycles. The third kappa shape index (κ3) is 1.18. The lowest BCUT2D eigenvalue weighted by atomic mass is 9.53. The highest BCUT2D eigenvalue weighted by Gasteiger charge is 2.68. The predicted octanol–water partition coefficient (Wildman–Crippen LogP) is 1.16. The molecule has 102 valence electrons. The van der Waals surface area contributed by atoms with Crippen molar-refractivity contribution in [3.63, 3.8) is 0 Å². The van der Waals surface area contributed by atoms with Gasteiger partial charge in [-0.2, -0.15) is 0 Å². The Morgan fingerprint density at radius 3 is 2.63 bits per heavy atom. The van der Waals surface area contributed by atoms with E-state index in [1.807, 2.05) is 0 Å². The first-order chi connectivity index (χ1) is 8.86. The van der Waals surface area contributed by atoms with E-state index in [1.54, 1.807) is 13.8 Å². The molecule has 5 nitrogen and oxygen atoms in total. The third-order valence-corrected chi connectivity index (χ3v) is 5.14. The first-order valence-electron chi connectivity index (χ1n) is 6.42. The lowest BCUT2D eigenvalue weighted by Crippen LogP contribution is -2.61. The predicted molar refractivity (Wildman–Crippen MR) is 64.0 cm³/mol. The van der Waals surface area contributed by atoms with Crippen LogP contribution in [0, 0.1) is 10.8 Å². The fourth-order valence-corrected chi connectivity index (χ4v) is 3.79. The van der Waals surface area contributed by atoms with Crippen LogP contribution in [-0.2, 0) is 23.9 Å². The van der Waals surface area contributed by atoms with E-state index in [0.29, 0.717) is 24.8 Å². The Hall–Kier alpha value is -1.65. The Morgan fingerprint density at radius 1 is 1.32 bits per heavy atom. The molecule has 0 N–H and O–H groups in total. The second-order valence-electron chi connectivity index (χ2n) is 5.86. The maximum absolute atomic E-state index is 12.3. The zero-order valence-corrected chi connectivity index (χ0v) is 11.2. The van der Waals surface area contributed by atoms with E-state index in [0.717, 1.165) is 5.57 Å². The highest BCUT2D eigenvalue weighted by Crippen LogP contribution is 2.61. The van der Waals surface area contributed by atoms with Gasteiger partial charge in [-0.15, -0.1) is 0 Å². The number of ether oxygens (including phenoxy) is 2. The molecule has 2 aliphatic heterocycles. The van der Waals surface area contributed by atoms with E-state index in [-0.39, 0.29) is 5.78 Å². The van der Waals surface area contributed by atoms with E-state index in [2.05, 4.69) is 0 Å². The van der Waals surface area contributed by atoms with Crippen molar-refractivity contribution in [3.8, 4) is 0 Å². The number of hydrogen-bond donors (Lipinski definition) is 0. The second kappa shape index (κ2) is 3.46. The Balaban J connectivity index is 2.23. The normalized spacial score (nSPS) is 40.3. The quantitative estimate of drug-likeness (QED) is 0.665. The molecule has 0 aromatic carbocycles. The van der Waals surface area contributed by atoms with Gasteiger partial charge in [-0.1, -0.05) is 0 Å². The van der Waals surface area contributed by atoms with Gasteiger partial charge in [0.2, 0.25) is 0 Å². The van der Waals surface area contributed by atoms with Crippen LogP contribution in [0.3, 0.4) is 0 Å². The fourth-order valence-electron chi connectivity index (χ4n) is 3.79. The van der Waals surface area contributed by atoms with Gasteiger partial charge in [0.15, 0.2) is 5.78 Å². The van der Waals surface area contributed by atoms with Crippen molar-refractivity contribution in [2.24, 2.45) is 10.8 Å². The molecule has 2 unspecified atom stereocenters. The van der Waals surface area contributed by atoms with E-state index in [1.165, 1.54) is 7.11 Å². The molecule has 0 spiro atoms. The van der Waals surface area contributed by atoms with Crippen LogP contribution >= 0.6 is 0 Å². The number of carbonyl (C=O) groups excluding carboxylic acids is 3. The van der Waals surface area contributed by atoms with E-state index >= 15 is 0 Å². The second-order valence-corrected chi connectivity index (χ2v) is 5.86. The molecule has 4 rings (SSSR count). The van der Waals surface area contributed by atoms with Crippen LogP contribution < -0.4 is 0 Å². The minimum absolute atomic E-state index is 0.0469. The van der Waals surface area contributed by atoms with Gasteiger partial charge in [0.1, 0.15) is 11.5 Å². The monoisotopic (exact) mass is 264 g/mol. The Morgan fingerprint density at radius 2 is 2.00 bits per heavy atom. The molecule has 1 saturated heterocycles. The van der Waals surface area contributed by atoms with Crippen LogP contribution in [0.4, 0.5) is 0 Å². The van der Waals surface area contributed by atoms with Gasteiger partial charge in [-0.25, -0.2) is 0 Å². The van der Waals surface area contributed by atoms with Crippen LogP contribution in [-0.4, -0.2) is 30.9 Å². The molecule has 2 aliphatic carbocycles. The maximum Gasteiger partial charge on any atom is 0.317 e. The molecule has 4 aliphatic rings. The fraction of sp³-hybridized carbons (Fsp3) is 0.643. The third-order valence-electron chi connectivity index (χ3n) is 5.14. The number of hydrogen-bond acceptors (Lipinski definition) is 5. The van der Waals surface area contributed by atoms with Crippen molar-refractivity contribution >= 4 is 17.7 Å². The highest BCUT2D eigenvalue weighted by molar-refractivity contribution is 6.06. The summed E-state index contributed by atoms with van der Waals surface area (Å²) in [7, 11) is 1.32. The van der Waals surface area contributed by atoms with Crippen molar-refractivity contribution in [2.75, 3.05) is 7.11 Å². The number of fused-ring (bicyclic) bond motifs is 2. The van der Waals surface area contributed by atoms with Gasteiger partial charge in [-0.05, 0) is 25.8 Å². The Bertz CT molecular complexity index is 546. The molecule has 5 heteroatoms. The summed E-state index contributed by atoms with van der Waals surface area (Å²) in [6.07, 6.45) is 0.698. The van der Waals surface area contributed by atoms with Crippen molar-refractivity contribution in [1.82, 2.24) is 0 Å². The summed E-state index contributed by atoms with van der Waals surface area (Å²) in [6.45, 7) is 3.44. The molecule has 0 aromatic rings. The summed E-state index contributed by atoms with van der Waals surface area (Å²) >= 11 is 0. The average molecular weight is 264 g/mol. The summed E-state index contributed by atoms with van der Waals surface area (Å²) in [5.41, 5.74) is -0.608. The van der Waals surface area contributed by atoms with Gasteiger partial charge in [0.25, 0.3) is 0 Å². The summed E-state index contributed by atoms with van der Waals surface area (Å²) < 4.78 is 10.2. The molecule has 1 fully saturated rings. The molecule has 0 aromatic heterocycles. The van der Waals surface area contributed by atoms with Crippen molar-refractivity contribution < 1.29 is 23.9 Å². The lowest BCUT2D eigenvalue weighted by molar-refractivity contribution is -0.195. The lowest BCUT2D eigenvalue weighted by Gasteiger charge is -2.53. The van der Waals surface area contributed by atoms with Crippen molar-refractivity contribution in [1.29, 1.82) is 0 Å². The van der Waals surface area contributed by atoms with E-state index in [4.69, 9.17) is 9.47 Å². The number of ketones is 1. The largest absolute Gasteiger partial charge is 0.469 e. The summed E-state index contributed by atoms with van der Waals surface area (Å²) in [4.78, 5) is 36.4. The number of esters is 2. The van der Waals surface area contributed by atoms with Crippen LogP contribution in [0.15, 0.2) is 11.1 Å². The van der Waals surface area contributed by atoms with Crippen LogP contribution in [0.25, 0.3) is 0 Å². The standard InChI is InChI=1S/C14H16O5/c1-13(11(16)18-3)6-9-10-7(4-5-8(10)15)14(13,2)12(17)19-9/h9H,4-6H2,1-3H3/t9?,13-,14?/m0/s1. The zero-order valence-electron chi connectivity index (χ0n) is 11.2. The maximum atomic E-state index is 12.3. The van der Waals surface area contributed by atoms with Gasteiger partial charge in [0.05, 0.1) is 12.5 Å². The minimum atomic E-state index is -1.07. The number of carbonyl (C=O) groups is 3. The topological polar surface area (TPSA) is 69.7 Å². The molecule has 0 amide bonds.